The smallest absolute Gasteiger partial charge is 0.0966 e. The number of aliphatic hydroxyl groups is 1. The Morgan fingerprint density at radius 1 is 1.16 bits per heavy atom. The number of ether oxygens (including phenoxy) is 1. The van der Waals surface area contributed by atoms with E-state index in [1.54, 1.807) is 16.7 Å². The van der Waals surface area contributed by atoms with Gasteiger partial charge in [-0.25, -0.2) is 0 Å². The molecule has 2 aliphatic heterocycles. The third kappa shape index (κ3) is 2.94. The Morgan fingerprint density at radius 3 is 2.84 bits per heavy atom. The standard InChI is InChI=1S/C28H41NO2/c1-16-11-25-26(29-15-16)18(3)28(31-25)10-8-21-22-6-5-19-12-20(30)7-9-27(19,4)24(22)13-23(21)17(2)14-28/h12,16,18,20-22,24-25,30H,5-11,13-15H2,1-4H3/t16-,18+,20-,21-,22?,24-,25+,27-,28-/m0/s1. The molecule has 1 spiro atoms. The SMILES string of the molecule is CC1=C2C[C@H]3C(CCC4=C[C@@H](O)CC[C@@]43C)[C@@H]2CC[C@@]2(C1)O[C@@H]1C[C@H](C)CN=C1[C@H]2C. The fourth-order valence-electron chi connectivity index (χ4n) is 8.91. The number of allylic oxidation sites excluding steroid dienone is 2. The van der Waals surface area contributed by atoms with Gasteiger partial charge in [0.05, 0.1) is 17.8 Å². The summed E-state index contributed by atoms with van der Waals surface area (Å²) in [4.78, 5) is 5.01. The lowest BCUT2D eigenvalue weighted by Crippen LogP contribution is -2.41. The van der Waals surface area contributed by atoms with Gasteiger partial charge in [0.15, 0.2) is 0 Å². The predicted molar refractivity (Wildman–Crippen MR) is 125 cm³/mol. The zero-order chi connectivity index (χ0) is 21.5. The molecule has 31 heavy (non-hydrogen) atoms. The minimum Gasteiger partial charge on any atom is -0.389 e. The highest BCUT2D eigenvalue weighted by molar-refractivity contribution is 5.94. The molecule has 1 unspecified atom stereocenters. The molecule has 0 amide bonds. The van der Waals surface area contributed by atoms with Crippen LogP contribution in [0.3, 0.4) is 0 Å². The number of rotatable bonds is 0. The summed E-state index contributed by atoms with van der Waals surface area (Å²) in [5.74, 6) is 3.48. The van der Waals surface area contributed by atoms with E-state index in [0.717, 1.165) is 43.6 Å². The largest absolute Gasteiger partial charge is 0.389 e. The highest BCUT2D eigenvalue weighted by Gasteiger charge is 2.57. The van der Waals surface area contributed by atoms with Gasteiger partial charge >= 0.3 is 0 Å². The highest BCUT2D eigenvalue weighted by Crippen LogP contribution is 2.64. The quantitative estimate of drug-likeness (QED) is 0.495. The second kappa shape index (κ2) is 7.03. The van der Waals surface area contributed by atoms with Crippen LogP contribution in [0.15, 0.2) is 27.8 Å². The maximum absolute atomic E-state index is 10.2. The van der Waals surface area contributed by atoms with Crippen molar-refractivity contribution < 1.29 is 9.84 Å². The molecular formula is C28H41NO2. The number of fused-ring (bicyclic) bond motifs is 6. The Balaban J connectivity index is 1.31. The van der Waals surface area contributed by atoms with E-state index in [-0.39, 0.29) is 17.8 Å². The molecule has 1 N–H and O–H groups in total. The molecule has 3 heteroatoms. The second-order valence-electron chi connectivity index (χ2n) is 12.4. The van der Waals surface area contributed by atoms with Crippen molar-refractivity contribution >= 4 is 5.71 Å². The van der Waals surface area contributed by atoms with Crippen molar-refractivity contribution in [3.05, 3.63) is 22.8 Å². The van der Waals surface area contributed by atoms with E-state index in [1.165, 1.54) is 44.2 Å². The van der Waals surface area contributed by atoms with Gasteiger partial charge in [-0.15, -0.1) is 0 Å². The highest BCUT2D eigenvalue weighted by atomic mass is 16.5. The zero-order valence-electron chi connectivity index (χ0n) is 20.0. The Hall–Kier alpha value is -0.930. The topological polar surface area (TPSA) is 41.8 Å². The van der Waals surface area contributed by atoms with Crippen LogP contribution in [-0.2, 0) is 4.74 Å². The summed E-state index contributed by atoms with van der Waals surface area (Å²) in [7, 11) is 0. The molecule has 9 atom stereocenters. The van der Waals surface area contributed by atoms with Crippen LogP contribution < -0.4 is 0 Å². The number of aliphatic hydroxyl groups excluding tert-OH is 1. The van der Waals surface area contributed by atoms with E-state index in [9.17, 15) is 5.11 Å². The van der Waals surface area contributed by atoms with Gasteiger partial charge in [0, 0.05) is 18.2 Å². The van der Waals surface area contributed by atoms with Crippen LogP contribution in [0.2, 0.25) is 0 Å². The van der Waals surface area contributed by atoms with Crippen LogP contribution >= 0.6 is 0 Å². The van der Waals surface area contributed by atoms with Gasteiger partial charge in [0.2, 0.25) is 0 Å². The zero-order valence-corrected chi connectivity index (χ0v) is 20.0. The molecule has 2 heterocycles. The molecule has 2 saturated carbocycles. The van der Waals surface area contributed by atoms with Crippen molar-refractivity contribution in [2.24, 2.45) is 40.0 Å². The van der Waals surface area contributed by atoms with Crippen LogP contribution in [-0.4, -0.2) is 35.2 Å². The minimum atomic E-state index is -0.206. The molecule has 6 aliphatic rings. The van der Waals surface area contributed by atoms with Crippen molar-refractivity contribution in [2.75, 3.05) is 6.54 Å². The van der Waals surface area contributed by atoms with Gasteiger partial charge in [0.1, 0.15) is 0 Å². The van der Waals surface area contributed by atoms with Gasteiger partial charge in [0.25, 0.3) is 0 Å². The molecule has 0 radical (unpaired) electrons. The van der Waals surface area contributed by atoms with Crippen LogP contribution in [0.1, 0.15) is 85.5 Å². The van der Waals surface area contributed by atoms with Crippen LogP contribution in [0.4, 0.5) is 0 Å². The molecule has 170 valence electrons. The molecule has 6 rings (SSSR count). The monoisotopic (exact) mass is 423 g/mol. The summed E-state index contributed by atoms with van der Waals surface area (Å²) in [5, 5.41) is 10.2. The maximum Gasteiger partial charge on any atom is 0.0966 e. The Kier molecular flexibility index (Phi) is 4.69. The van der Waals surface area contributed by atoms with Crippen LogP contribution in [0.25, 0.3) is 0 Å². The first kappa shape index (κ1) is 20.7. The van der Waals surface area contributed by atoms with Crippen molar-refractivity contribution in [3.63, 3.8) is 0 Å². The lowest BCUT2D eigenvalue weighted by atomic mass is 9.56. The van der Waals surface area contributed by atoms with Crippen LogP contribution in [0, 0.1) is 35.0 Å². The third-order valence-corrected chi connectivity index (χ3v) is 10.7. The molecule has 0 aromatic rings. The molecule has 3 nitrogen and oxygen atoms in total. The first-order valence-corrected chi connectivity index (χ1v) is 13.1. The Labute approximate surface area is 188 Å². The van der Waals surface area contributed by atoms with Gasteiger partial charge in [-0.1, -0.05) is 43.6 Å². The molecule has 1 saturated heterocycles. The molecule has 4 aliphatic carbocycles. The summed E-state index contributed by atoms with van der Waals surface area (Å²) in [6, 6.07) is 0. The maximum atomic E-state index is 10.2. The van der Waals surface area contributed by atoms with E-state index in [4.69, 9.17) is 9.73 Å². The number of aliphatic imine (C=N–C) groups is 1. The number of hydrogen-bond acceptors (Lipinski definition) is 3. The molecule has 0 aromatic carbocycles. The summed E-state index contributed by atoms with van der Waals surface area (Å²) in [6.07, 6.45) is 13.0. The first-order chi connectivity index (χ1) is 14.8. The normalized spacial score (nSPS) is 51.5. The van der Waals surface area contributed by atoms with Crippen molar-refractivity contribution in [3.8, 4) is 0 Å². The van der Waals surface area contributed by atoms with E-state index in [2.05, 4.69) is 33.8 Å². The van der Waals surface area contributed by atoms with Gasteiger partial charge in [-0.05, 0) is 93.8 Å². The van der Waals surface area contributed by atoms with E-state index in [1.807, 2.05) is 0 Å². The predicted octanol–water partition coefficient (Wildman–Crippen LogP) is 5.87. The van der Waals surface area contributed by atoms with Crippen molar-refractivity contribution in [2.45, 2.75) is 103 Å². The summed E-state index contributed by atoms with van der Waals surface area (Å²) >= 11 is 0. The Morgan fingerprint density at radius 2 is 2.00 bits per heavy atom. The fourth-order valence-corrected chi connectivity index (χ4v) is 8.91. The fraction of sp³-hybridized carbons (Fsp3) is 0.821. The minimum absolute atomic E-state index is 0.0109. The average molecular weight is 424 g/mol. The lowest BCUT2D eigenvalue weighted by molar-refractivity contribution is -0.0675. The van der Waals surface area contributed by atoms with E-state index >= 15 is 0 Å². The average Bonchev–Trinajstić information content (AvgIpc) is 3.19. The molecule has 0 aromatic heterocycles. The molecule has 0 bridgehead atoms. The first-order valence-electron chi connectivity index (χ1n) is 13.1. The lowest BCUT2D eigenvalue weighted by Gasteiger charge is -2.49. The summed E-state index contributed by atoms with van der Waals surface area (Å²) < 4.78 is 6.94. The van der Waals surface area contributed by atoms with Crippen molar-refractivity contribution in [1.29, 1.82) is 0 Å². The van der Waals surface area contributed by atoms with Gasteiger partial charge < -0.3 is 9.84 Å². The van der Waals surface area contributed by atoms with Crippen LogP contribution in [0.5, 0.6) is 0 Å². The number of nitrogens with zero attached hydrogens (tertiary/aromatic N) is 1. The van der Waals surface area contributed by atoms with Gasteiger partial charge in [-0.3, -0.25) is 4.99 Å². The summed E-state index contributed by atoms with van der Waals surface area (Å²) in [6.45, 7) is 10.7. The second-order valence-corrected chi connectivity index (χ2v) is 12.4. The van der Waals surface area contributed by atoms with E-state index in [0.29, 0.717) is 17.3 Å². The molecule has 3 fully saturated rings. The Bertz CT molecular complexity index is 870. The molecular weight excluding hydrogens is 382 g/mol. The van der Waals surface area contributed by atoms with Gasteiger partial charge in [-0.2, -0.15) is 0 Å². The van der Waals surface area contributed by atoms with E-state index < -0.39 is 0 Å². The third-order valence-electron chi connectivity index (χ3n) is 10.7. The number of hydrogen-bond donors (Lipinski definition) is 1. The summed E-state index contributed by atoms with van der Waals surface area (Å²) in [5.41, 5.74) is 6.69. The van der Waals surface area contributed by atoms with Crippen molar-refractivity contribution in [1.82, 2.24) is 0 Å².